The van der Waals surface area contributed by atoms with Crippen molar-refractivity contribution in [2.75, 3.05) is 7.05 Å². The first-order chi connectivity index (χ1) is 12.0. The molecular formula is C20H16F2N2O. The van der Waals surface area contributed by atoms with Gasteiger partial charge < -0.3 is 4.90 Å². The van der Waals surface area contributed by atoms with Gasteiger partial charge in [-0.15, -0.1) is 0 Å². The van der Waals surface area contributed by atoms with Crippen molar-refractivity contribution in [1.82, 2.24) is 9.88 Å². The number of amides is 1. The van der Waals surface area contributed by atoms with Crippen LogP contribution in [0.1, 0.15) is 15.9 Å². The lowest BCUT2D eigenvalue weighted by atomic mass is 10.1. The highest BCUT2D eigenvalue weighted by atomic mass is 19.1. The monoisotopic (exact) mass is 338 g/mol. The molecule has 0 bridgehead atoms. The fraction of sp³-hybridized carbons (Fsp3) is 0.100. The average Bonchev–Trinajstić information content (AvgIpc) is 2.61. The van der Waals surface area contributed by atoms with E-state index < -0.39 is 11.6 Å². The van der Waals surface area contributed by atoms with Gasteiger partial charge >= 0.3 is 0 Å². The maximum absolute atomic E-state index is 13.4. The Bertz CT molecular complexity index is 877. The lowest BCUT2D eigenvalue weighted by molar-refractivity contribution is 0.0784. The fourth-order valence-corrected chi connectivity index (χ4v) is 2.58. The summed E-state index contributed by atoms with van der Waals surface area (Å²) in [6, 6.07) is 14.4. The summed E-state index contributed by atoms with van der Waals surface area (Å²) in [5.74, 6) is -1.56. The quantitative estimate of drug-likeness (QED) is 0.711. The smallest absolute Gasteiger partial charge is 0.255 e. The SMILES string of the molecule is CN(Cc1ccccc1)C(=O)c1cncc(-c2cc(F)cc(F)c2)c1. The van der Waals surface area contributed by atoms with Gasteiger partial charge in [0.1, 0.15) is 11.6 Å². The second kappa shape index (κ2) is 7.21. The molecule has 0 aliphatic heterocycles. The summed E-state index contributed by atoms with van der Waals surface area (Å²) in [4.78, 5) is 18.2. The zero-order chi connectivity index (χ0) is 17.8. The van der Waals surface area contributed by atoms with Gasteiger partial charge in [-0.25, -0.2) is 8.78 Å². The molecule has 0 radical (unpaired) electrons. The molecule has 1 aromatic heterocycles. The fourth-order valence-electron chi connectivity index (χ4n) is 2.58. The van der Waals surface area contributed by atoms with Crippen molar-refractivity contribution in [2.24, 2.45) is 0 Å². The molecule has 3 aromatic rings. The maximum atomic E-state index is 13.4. The van der Waals surface area contributed by atoms with Gasteiger partial charge in [0.05, 0.1) is 5.56 Å². The molecule has 3 nitrogen and oxygen atoms in total. The Morgan fingerprint density at radius 1 is 0.960 bits per heavy atom. The average molecular weight is 338 g/mol. The van der Waals surface area contributed by atoms with E-state index >= 15 is 0 Å². The highest BCUT2D eigenvalue weighted by molar-refractivity contribution is 5.94. The van der Waals surface area contributed by atoms with E-state index in [0.717, 1.165) is 11.6 Å². The minimum atomic E-state index is -0.673. The van der Waals surface area contributed by atoms with Gasteiger partial charge in [-0.2, -0.15) is 0 Å². The van der Waals surface area contributed by atoms with E-state index in [1.807, 2.05) is 30.3 Å². The zero-order valence-corrected chi connectivity index (χ0v) is 13.6. The van der Waals surface area contributed by atoms with Gasteiger partial charge in [0.25, 0.3) is 5.91 Å². The van der Waals surface area contributed by atoms with Gasteiger partial charge in [0.15, 0.2) is 0 Å². The lowest BCUT2D eigenvalue weighted by Crippen LogP contribution is -2.26. The maximum Gasteiger partial charge on any atom is 0.255 e. The minimum Gasteiger partial charge on any atom is -0.337 e. The Hall–Kier alpha value is -3.08. The Labute approximate surface area is 144 Å². The van der Waals surface area contributed by atoms with Crippen molar-refractivity contribution in [3.63, 3.8) is 0 Å². The van der Waals surface area contributed by atoms with Crippen LogP contribution in [0, 0.1) is 11.6 Å². The summed E-state index contributed by atoms with van der Waals surface area (Å²) in [7, 11) is 1.70. The van der Waals surface area contributed by atoms with Crippen molar-refractivity contribution in [1.29, 1.82) is 0 Å². The molecule has 0 fully saturated rings. The summed E-state index contributed by atoms with van der Waals surface area (Å²) >= 11 is 0. The molecule has 0 N–H and O–H groups in total. The van der Waals surface area contributed by atoms with Crippen LogP contribution in [0.4, 0.5) is 8.78 Å². The van der Waals surface area contributed by atoms with Crippen LogP contribution >= 0.6 is 0 Å². The van der Waals surface area contributed by atoms with E-state index in [9.17, 15) is 13.6 Å². The molecule has 2 aromatic carbocycles. The van der Waals surface area contributed by atoms with E-state index in [0.29, 0.717) is 23.2 Å². The molecule has 0 unspecified atom stereocenters. The first-order valence-corrected chi connectivity index (χ1v) is 7.74. The van der Waals surface area contributed by atoms with Crippen molar-refractivity contribution in [3.8, 4) is 11.1 Å². The Balaban J connectivity index is 1.84. The van der Waals surface area contributed by atoms with Crippen LogP contribution in [0.5, 0.6) is 0 Å². The molecule has 0 saturated heterocycles. The van der Waals surface area contributed by atoms with Crippen LogP contribution in [0.15, 0.2) is 67.0 Å². The van der Waals surface area contributed by atoms with Crippen molar-refractivity contribution < 1.29 is 13.6 Å². The molecule has 126 valence electrons. The van der Waals surface area contributed by atoms with Crippen LogP contribution in [0.2, 0.25) is 0 Å². The predicted octanol–water partition coefficient (Wildman–Crippen LogP) is 4.30. The number of hydrogen-bond acceptors (Lipinski definition) is 2. The summed E-state index contributed by atoms with van der Waals surface area (Å²) in [5, 5.41) is 0. The van der Waals surface area contributed by atoms with Crippen molar-refractivity contribution >= 4 is 5.91 Å². The number of pyridine rings is 1. The molecular weight excluding hydrogens is 322 g/mol. The molecule has 0 atom stereocenters. The van der Waals surface area contributed by atoms with Gasteiger partial charge in [-0.05, 0) is 29.3 Å². The summed E-state index contributed by atoms with van der Waals surface area (Å²) in [6.45, 7) is 0.457. The van der Waals surface area contributed by atoms with Crippen LogP contribution in [0.25, 0.3) is 11.1 Å². The standard InChI is InChI=1S/C20H16F2N2O/c1-24(13-14-5-3-2-4-6-14)20(25)17-7-16(11-23-12-17)15-8-18(21)10-19(22)9-15/h2-12H,13H2,1H3. The van der Waals surface area contributed by atoms with Crippen LogP contribution < -0.4 is 0 Å². The number of hydrogen-bond donors (Lipinski definition) is 0. The number of carbonyl (C=O) groups excluding carboxylic acids is 1. The Kier molecular flexibility index (Phi) is 4.84. The zero-order valence-electron chi connectivity index (χ0n) is 13.6. The largest absolute Gasteiger partial charge is 0.337 e. The van der Waals surface area contributed by atoms with Crippen LogP contribution in [-0.2, 0) is 6.54 Å². The summed E-state index contributed by atoms with van der Waals surface area (Å²) < 4.78 is 26.8. The van der Waals surface area contributed by atoms with Crippen LogP contribution in [-0.4, -0.2) is 22.8 Å². The van der Waals surface area contributed by atoms with Crippen molar-refractivity contribution in [3.05, 3.63) is 89.8 Å². The number of nitrogens with zero attached hydrogens (tertiary/aromatic N) is 2. The van der Waals surface area contributed by atoms with E-state index in [4.69, 9.17) is 0 Å². The number of aromatic nitrogens is 1. The first-order valence-electron chi connectivity index (χ1n) is 7.74. The van der Waals surface area contributed by atoms with Crippen LogP contribution in [0.3, 0.4) is 0 Å². The van der Waals surface area contributed by atoms with Gasteiger partial charge in [0, 0.05) is 37.6 Å². The molecule has 0 spiro atoms. The summed E-state index contributed by atoms with van der Waals surface area (Å²) in [6.07, 6.45) is 2.92. The highest BCUT2D eigenvalue weighted by Crippen LogP contribution is 2.22. The first kappa shape index (κ1) is 16.8. The van der Waals surface area contributed by atoms with Gasteiger partial charge in [-0.1, -0.05) is 30.3 Å². The third-order valence-electron chi connectivity index (χ3n) is 3.79. The van der Waals surface area contributed by atoms with E-state index in [-0.39, 0.29) is 5.91 Å². The van der Waals surface area contributed by atoms with E-state index in [1.54, 1.807) is 18.0 Å². The second-order valence-electron chi connectivity index (χ2n) is 5.77. The normalized spacial score (nSPS) is 10.5. The number of halogens is 2. The number of benzene rings is 2. The summed E-state index contributed by atoms with van der Waals surface area (Å²) in [5.41, 5.74) is 2.19. The molecule has 1 amide bonds. The Morgan fingerprint density at radius 3 is 2.32 bits per heavy atom. The molecule has 1 heterocycles. The molecule has 0 saturated carbocycles. The van der Waals surface area contributed by atoms with E-state index in [1.165, 1.54) is 24.5 Å². The predicted molar refractivity (Wildman–Crippen MR) is 91.8 cm³/mol. The number of carbonyl (C=O) groups is 1. The molecule has 0 aliphatic carbocycles. The molecule has 3 rings (SSSR count). The van der Waals surface area contributed by atoms with Crippen molar-refractivity contribution in [2.45, 2.75) is 6.54 Å². The highest BCUT2D eigenvalue weighted by Gasteiger charge is 2.14. The molecule has 5 heteroatoms. The van der Waals surface area contributed by atoms with Gasteiger partial charge in [0.2, 0.25) is 0 Å². The van der Waals surface area contributed by atoms with E-state index in [2.05, 4.69) is 4.98 Å². The molecule has 0 aliphatic rings. The second-order valence-corrected chi connectivity index (χ2v) is 5.77. The third-order valence-corrected chi connectivity index (χ3v) is 3.79. The topological polar surface area (TPSA) is 33.2 Å². The minimum absolute atomic E-state index is 0.213. The van der Waals surface area contributed by atoms with Gasteiger partial charge in [-0.3, -0.25) is 9.78 Å². The number of rotatable bonds is 4. The Morgan fingerprint density at radius 2 is 1.64 bits per heavy atom. The molecule has 25 heavy (non-hydrogen) atoms. The third kappa shape index (κ3) is 4.07. The lowest BCUT2D eigenvalue weighted by Gasteiger charge is -2.17.